The van der Waals surface area contributed by atoms with Crippen LogP contribution in [0, 0.1) is 0 Å². The van der Waals surface area contributed by atoms with Crippen LogP contribution in [-0.2, 0) is 0 Å². The van der Waals surface area contributed by atoms with Crippen molar-refractivity contribution in [2.24, 2.45) is 0 Å². The van der Waals surface area contributed by atoms with E-state index in [0.29, 0.717) is 16.0 Å². The van der Waals surface area contributed by atoms with E-state index in [-0.39, 0.29) is 5.56 Å². The quantitative estimate of drug-likeness (QED) is 0.658. The Morgan fingerprint density at radius 1 is 1.43 bits per heavy atom. The van der Waals surface area contributed by atoms with E-state index in [0.717, 1.165) is 0 Å². The molecule has 4 N–H and O–H groups in total. The van der Waals surface area contributed by atoms with Gasteiger partial charge in [0.1, 0.15) is 0 Å². The lowest BCUT2D eigenvalue weighted by Crippen LogP contribution is -2.31. The maximum atomic E-state index is 11.9. The molecule has 2 amide bonds. The van der Waals surface area contributed by atoms with Crippen LogP contribution in [0.2, 0.25) is 0 Å². The van der Waals surface area contributed by atoms with Crippen LogP contribution in [0.25, 0.3) is 0 Å². The number of rotatable bonds is 4. The lowest BCUT2D eigenvalue weighted by atomic mass is 10.2. The summed E-state index contributed by atoms with van der Waals surface area (Å²) in [5, 5.41) is 27.3. The molecule has 0 radical (unpaired) electrons. The molecule has 1 heterocycles. The molecule has 1 aromatic heterocycles. The van der Waals surface area contributed by atoms with Crippen molar-refractivity contribution >= 4 is 33.6 Å². The smallest absolute Gasteiger partial charge is 0.335 e. The summed E-state index contributed by atoms with van der Waals surface area (Å²) in [6.45, 7) is 1.69. The predicted molar refractivity (Wildman–Crippen MR) is 75.8 cm³/mol. The third kappa shape index (κ3) is 3.75. The molecule has 0 aliphatic carbocycles. The monoisotopic (exact) mass is 354 g/mol. The second kappa shape index (κ2) is 6.31. The molecule has 0 saturated heterocycles. The van der Waals surface area contributed by atoms with E-state index >= 15 is 0 Å². The number of nitrogens with one attached hydrogen (secondary N) is 3. The van der Waals surface area contributed by atoms with Crippen LogP contribution < -0.4 is 10.6 Å². The van der Waals surface area contributed by atoms with Gasteiger partial charge in [-0.15, -0.1) is 10.2 Å². The number of carbonyl (C=O) groups is 2. The van der Waals surface area contributed by atoms with Crippen molar-refractivity contribution in [3.8, 4) is 0 Å². The fraction of sp³-hybridized carbons (Fsp3) is 0.182. The van der Waals surface area contributed by atoms with E-state index in [4.69, 9.17) is 5.11 Å². The van der Waals surface area contributed by atoms with Crippen LogP contribution in [0.4, 0.5) is 10.5 Å². The van der Waals surface area contributed by atoms with Gasteiger partial charge in [0, 0.05) is 4.47 Å². The summed E-state index contributed by atoms with van der Waals surface area (Å²) in [4.78, 5) is 22.8. The van der Waals surface area contributed by atoms with Crippen molar-refractivity contribution in [1.82, 2.24) is 25.9 Å². The van der Waals surface area contributed by atoms with Crippen LogP contribution in [0.1, 0.15) is 29.1 Å². The molecule has 2 aromatic rings. The first kappa shape index (κ1) is 14.9. The zero-order valence-electron chi connectivity index (χ0n) is 10.8. The molecule has 21 heavy (non-hydrogen) atoms. The number of aromatic carboxylic acids is 1. The third-order valence-electron chi connectivity index (χ3n) is 2.56. The molecule has 2 rings (SSSR count). The highest BCUT2D eigenvalue weighted by atomic mass is 79.9. The lowest BCUT2D eigenvalue weighted by molar-refractivity contribution is 0.0697. The number of H-pyrrole nitrogens is 1. The summed E-state index contributed by atoms with van der Waals surface area (Å²) in [7, 11) is 0. The Balaban J connectivity index is 2.05. The summed E-state index contributed by atoms with van der Waals surface area (Å²) >= 11 is 3.24. The molecule has 0 aliphatic rings. The molecule has 0 aliphatic heterocycles. The van der Waals surface area contributed by atoms with Crippen LogP contribution in [-0.4, -0.2) is 37.7 Å². The molecule has 1 aromatic carbocycles. The number of anilines is 1. The zero-order valence-corrected chi connectivity index (χ0v) is 12.4. The Hall–Kier alpha value is -2.49. The molecule has 1 unspecified atom stereocenters. The molecular weight excluding hydrogens is 344 g/mol. The van der Waals surface area contributed by atoms with Crippen molar-refractivity contribution in [1.29, 1.82) is 0 Å². The van der Waals surface area contributed by atoms with E-state index in [1.807, 2.05) is 0 Å². The second-order valence-electron chi connectivity index (χ2n) is 4.09. The number of aromatic nitrogens is 4. The number of carboxylic acid groups (broad SMARTS) is 1. The first-order valence-electron chi connectivity index (χ1n) is 5.81. The Kier molecular flexibility index (Phi) is 4.48. The average Bonchev–Trinajstić information content (AvgIpc) is 2.95. The third-order valence-corrected chi connectivity index (χ3v) is 3.25. The van der Waals surface area contributed by atoms with Crippen LogP contribution in [0.5, 0.6) is 0 Å². The molecule has 10 heteroatoms. The van der Waals surface area contributed by atoms with Crippen molar-refractivity contribution in [2.75, 3.05) is 5.32 Å². The fourth-order valence-electron chi connectivity index (χ4n) is 1.53. The van der Waals surface area contributed by atoms with Gasteiger partial charge in [-0.25, -0.2) is 9.59 Å². The fourth-order valence-corrected chi connectivity index (χ4v) is 1.87. The summed E-state index contributed by atoms with van der Waals surface area (Å²) in [6, 6.07) is 3.35. The summed E-state index contributed by atoms with van der Waals surface area (Å²) < 4.78 is 0.565. The number of hydrogen-bond acceptors (Lipinski definition) is 5. The summed E-state index contributed by atoms with van der Waals surface area (Å²) in [5.41, 5.74) is 0.410. The molecular formula is C11H11BrN6O3. The number of carboxylic acids is 1. The largest absolute Gasteiger partial charge is 0.478 e. The highest BCUT2D eigenvalue weighted by molar-refractivity contribution is 9.10. The number of hydrogen-bond donors (Lipinski definition) is 4. The number of carbonyl (C=O) groups excluding carboxylic acids is 1. The SMILES string of the molecule is CC(NC(=O)Nc1cc(C(=O)O)ccc1Br)c1nn[nH]n1. The number of halogens is 1. The maximum Gasteiger partial charge on any atom is 0.335 e. The molecule has 0 saturated carbocycles. The van der Waals surface area contributed by atoms with Crippen molar-refractivity contribution in [2.45, 2.75) is 13.0 Å². The number of benzene rings is 1. The van der Waals surface area contributed by atoms with Gasteiger partial charge in [-0.2, -0.15) is 5.21 Å². The second-order valence-corrected chi connectivity index (χ2v) is 4.94. The van der Waals surface area contributed by atoms with Gasteiger partial charge < -0.3 is 15.7 Å². The van der Waals surface area contributed by atoms with E-state index < -0.39 is 18.0 Å². The Bertz CT molecular complexity index is 660. The Morgan fingerprint density at radius 3 is 2.81 bits per heavy atom. The van der Waals surface area contributed by atoms with Crippen molar-refractivity contribution < 1.29 is 14.7 Å². The van der Waals surface area contributed by atoms with Gasteiger partial charge in [-0.1, -0.05) is 5.21 Å². The van der Waals surface area contributed by atoms with Gasteiger partial charge in [0.05, 0.1) is 17.3 Å². The van der Waals surface area contributed by atoms with E-state index in [9.17, 15) is 9.59 Å². The van der Waals surface area contributed by atoms with E-state index in [1.54, 1.807) is 13.0 Å². The van der Waals surface area contributed by atoms with E-state index in [2.05, 4.69) is 47.2 Å². The van der Waals surface area contributed by atoms with Gasteiger partial charge in [-0.05, 0) is 41.1 Å². The minimum absolute atomic E-state index is 0.0692. The highest BCUT2D eigenvalue weighted by Gasteiger charge is 2.15. The topological polar surface area (TPSA) is 133 Å². The Labute approximate surface area is 127 Å². The van der Waals surface area contributed by atoms with Gasteiger partial charge in [0.15, 0.2) is 5.82 Å². The van der Waals surface area contributed by atoms with Crippen LogP contribution in [0.3, 0.4) is 0 Å². The zero-order chi connectivity index (χ0) is 15.4. The number of tetrazole rings is 1. The number of amides is 2. The molecule has 0 spiro atoms. The minimum Gasteiger partial charge on any atom is -0.478 e. The number of nitrogens with zero attached hydrogens (tertiary/aromatic N) is 3. The van der Waals surface area contributed by atoms with Gasteiger partial charge in [0.25, 0.3) is 0 Å². The van der Waals surface area contributed by atoms with Crippen molar-refractivity contribution in [3.05, 3.63) is 34.1 Å². The molecule has 9 nitrogen and oxygen atoms in total. The van der Waals surface area contributed by atoms with Crippen molar-refractivity contribution in [3.63, 3.8) is 0 Å². The molecule has 110 valence electrons. The predicted octanol–water partition coefficient (Wildman–Crippen LogP) is 1.54. The summed E-state index contributed by atoms with van der Waals surface area (Å²) in [5.74, 6) is -0.741. The first-order valence-corrected chi connectivity index (χ1v) is 6.60. The Morgan fingerprint density at radius 2 is 2.19 bits per heavy atom. The van der Waals surface area contributed by atoms with Gasteiger partial charge in [0.2, 0.25) is 0 Å². The molecule has 0 fully saturated rings. The van der Waals surface area contributed by atoms with E-state index in [1.165, 1.54) is 12.1 Å². The lowest BCUT2D eigenvalue weighted by Gasteiger charge is -2.12. The average molecular weight is 355 g/mol. The minimum atomic E-state index is -1.08. The van der Waals surface area contributed by atoms with Gasteiger partial charge in [-0.3, -0.25) is 0 Å². The van der Waals surface area contributed by atoms with Crippen LogP contribution >= 0.6 is 15.9 Å². The standard InChI is InChI=1S/C11H11BrN6O3/c1-5(9-15-17-18-16-9)13-11(21)14-8-4-6(10(19)20)2-3-7(8)12/h2-5H,1H3,(H,19,20)(H2,13,14,21)(H,15,16,17,18). The normalized spacial score (nSPS) is 11.7. The molecule has 0 bridgehead atoms. The number of aromatic amines is 1. The van der Waals surface area contributed by atoms with Gasteiger partial charge >= 0.3 is 12.0 Å². The first-order chi connectivity index (χ1) is 9.97. The van der Waals surface area contributed by atoms with Crippen LogP contribution in [0.15, 0.2) is 22.7 Å². The summed E-state index contributed by atoms with van der Waals surface area (Å²) in [6.07, 6.45) is 0. The highest BCUT2D eigenvalue weighted by Crippen LogP contribution is 2.23. The maximum absolute atomic E-state index is 11.9. The molecule has 1 atom stereocenters. The number of urea groups is 1.